The van der Waals surface area contributed by atoms with Crippen molar-refractivity contribution in [2.45, 2.75) is 13.8 Å². The van der Waals surface area contributed by atoms with E-state index in [1.165, 1.54) is 12.1 Å². The molecule has 0 saturated heterocycles. The van der Waals surface area contributed by atoms with Crippen molar-refractivity contribution in [1.29, 1.82) is 0 Å². The third-order valence-electron chi connectivity index (χ3n) is 2.66. The molecule has 2 rings (SSSR count). The lowest BCUT2D eigenvalue weighted by molar-refractivity contribution is -0.384. The molecule has 0 bridgehead atoms. The summed E-state index contributed by atoms with van der Waals surface area (Å²) in [5, 5.41) is 21.2. The first-order valence-electron chi connectivity index (χ1n) is 6.17. The van der Waals surface area contributed by atoms with Crippen LogP contribution in [0.3, 0.4) is 0 Å². The number of hydrogen-bond donors (Lipinski definition) is 2. The van der Waals surface area contributed by atoms with Gasteiger partial charge in [0.05, 0.1) is 28.4 Å². The lowest BCUT2D eigenvalue weighted by atomic mass is 10.3. The molecule has 0 spiro atoms. The molecule has 0 aromatic carbocycles. The molecule has 2 heterocycles. The van der Waals surface area contributed by atoms with E-state index in [1.54, 1.807) is 10.9 Å². The van der Waals surface area contributed by atoms with E-state index in [0.717, 1.165) is 11.4 Å². The molecular weight excluding hydrogens is 260 g/mol. The molecule has 106 valence electrons. The Hall–Kier alpha value is -2.64. The lowest BCUT2D eigenvalue weighted by Gasteiger charge is -2.07. The second-order valence-corrected chi connectivity index (χ2v) is 4.31. The van der Waals surface area contributed by atoms with E-state index in [9.17, 15) is 10.1 Å². The Morgan fingerprint density at radius 2 is 2.10 bits per heavy atom. The topological polar surface area (TPSA) is 97.9 Å². The molecule has 20 heavy (non-hydrogen) atoms. The quantitative estimate of drug-likeness (QED) is 0.641. The Labute approximate surface area is 116 Å². The van der Waals surface area contributed by atoms with Crippen LogP contribution in [-0.4, -0.2) is 26.2 Å². The molecule has 0 aliphatic carbocycles. The normalized spacial score (nSPS) is 10.3. The number of anilines is 3. The molecule has 2 aromatic heterocycles. The van der Waals surface area contributed by atoms with E-state index >= 15 is 0 Å². The number of aryl methyl sites for hydroxylation is 2. The molecule has 0 aliphatic rings. The van der Waals surface area contributed by atoms with Crippen molar-refractivity contribution in [2.75, 3.05) is 17.2 Å². The number of nitro groups is 1. The van der Waals surface area contributed by atoms with Crippen LogP contribution in [0.5, 0.6) is 0 Å². The average molecular weight is 276 g/mol. The van der Waals surface area contributed by atoms with E-state index in [0.29, 0.717) is 18.2 Å². The number of rotatable bonds is 5. The van der Waals surface area contributed by atoms with Gasteiger partial charge in [-0.2, -0.15) is 5.10 Å². The number of nitrogens with zero attached hydrogens (tertiary/aromatic N) is 4. The zero-order valence-electron chi connectivity index (χ0n) is 11.5. The molecule has 0 amide bonds. The van der Waals surface area contributed by atoms with Crippen LogP contribution in [0.15, 0.2) is 18.3 Å². The highest BCUT2D eigenvalue weighted by Crippen LogP contribution is 2.24. The van der Waals surface area contributed by atoms with Gasteiger partial charge in [-0.3, -0.25) is 14.8 Å². The second kappa shape index (κ2) is 5.55. The van der Waals surface area contributed by atoms with Gasteiger partial charge < -0.3 is 10.6 Å². The first-order chi connectivity index (χ1) is 9.49. The van der Waals surface area contributed by atoms with Crippen LogP contribution in [0, 0.1) is 17.0 Å². The minimum absolute atomic E-state index is 0.0139. The largest absolute Gasteiger partial charge is 0.370 e. The molecular formula is C12H16N6O2. The maximum absolute atomic E-state index is 10.9. The molecule has 0 aliphatic heterocycles. The predicted octanol–water partition coefficient (Wildman–Crippen LogP) is 2.21. The standard InChI is InChI=1S/C12H16N6O2/c1-4-13-11-5-9(18(19)20)6-12(15-11)14-10-7-17(3)16-8(10)2/h5-7H,4H2,1-3H3,(H2,13,14,15). The summed E-state index contributed by atoms with van der Waals surface area (Å²) < 4.78 is 1.67. The molecule has 2 N–H and O–H groups in total. The van der Waals surface area contributed by atoms with Gasteiger partial charge in [-0.25, -0.2) is 4.98 Å². The van der Waals surface area contributed by atoms with E-state index in [-0.39, 0.29) is 5.69 Å². The monoisotopic (exact) mass is 276 g/mol. The summed E-state index contributed by atoms with van der Waals surface area (Å²) in [4.78, 5) is 14.8. The van der Waals surface area contributed by atoms with Gasteiger partial charge in [0, 0.05) is 19.8 Å². The predicted molar refractivity (Wildman–Crippen MR) is 76.3 cm³/mol. The molecule has 8 nitrogen and oxygen atoms in total. The Morgan fingerprint density at radius 3 is 2.65 bits per heavy atom. The van der Waals surface area contributed by atoms with Crippen molar-refractivity contribution >= 4 is 23.0 Å². The minimum atomic E-state index is -0.441. The minimum Gasteiger partial charge on any atom is -0.370 e. The molecule has 0 fully saturated rings. The first-order valence-corrected chi connectivity index (χ1v) is 6.17. The first kappa shape index (κ1) is 13.8. The fourth-order valence-electron chi connectivity index (χ4n) is 1.82. The van der Waals surface area contributed by atoms with Crippen LogP contribution in [0.25, 0.3) is 0 Å². The second-order valence-electron chi connectivity index (χ2n) is 4.31. The van der Waals surface area contributed by atoms with Gasteiger partial charge in [0.25, 0.3) is 5.69 Å². The number of nitrogens with one attached hydrogen (secondary N) is 2. The van der Waals surface area contributed by atoms with Crippen LogP contribution in [-0.2, 0) is 7.05 Å². The summed E-state index contributed by atoms with van der Waals surface area (Å²) in [6.07, 6.45) is 1.79. The van der Waals surface area contributed by atoms with Crippen LogP contribution in [0.1, 0.15) is 12.6 Å². The Kier molecular flexibility index (Phi) is 3.83. The summed E-state index contributed by atoms with van der Waals surface area (Å²) >= 11 is 0. The fourth-order valence-corrected chi connectivity index (χ4v) is 1.82. The molecule has 2 aromatic rings. The van der Waals surface area contributed by atoms with Crippen molar-refractivity contribution in [3.8, 4) is 0 Å². The number of pyridine rings is 1. The highest BCUT2D eigenvalue weighted by Gasteiger charge is 2.12. The summed E-state index contributed by atoms with van der Waals surface area (Å²) in [5.74, 6) is 0.872. The Balaban J connectivity index is 2.35. The van der Waals surface area contributed by atoms with Crippen LogP contribution < -0.4 is 10.6 Å². The summed E-state index contributed by atoms with van der Waals surface area (Å²) in [5.41, 5.74) is 1.55. The molecule has 8 heteroatoms. The van der Waals surface area contributed by atoms with Gasteiger partial charge in [0.1, 0.15) is 11.6 Å². The third kappa shape index (κ3) is 3.02. The SMILES string of the molecule is CCNc1cc([N+](=O)[O-])cc(Nc2cn(C)nc2C)n1. The Bertz CT molecular complexity index is 637. The third-order valence-corrected chi connectivity index (χ3v) is 2.66. The Morgan fingerprint density at radius 1 is 1.40 bits per heavy atom. The molecule has 0 atom stereocenters. The lowest BCUT2D eigenvalue weighted by Crippen LogP contribution is -2.03. The van der Waals surface area contributed by atoms with Crippen LogP contribution in [0.2, 0.25) is 0 Å². The van der Waals surface area contributed by atoms with Crippen molar-refractivity contribution in [3.63, 3.8) is 0 Å². The van der Waals surface area contributed by atoms with E-state index in [2.05, 4.69) is 20.7 Å². The maximum atomic E-state index is 10.9. The van der Waals surface area contributed by atoms with Crippen molar-refractivity contribution in [2.24, 2.45) is 7.05 Å². The fraction of sp³-hybridized carbons (Fsp3) is 0.333. The highest BCUT2D eigenvalue weighted by atomic mass is 16.6. The van der Waals surface area contributed by atoms with Crippen molar-refractivity contribution in [1.82, 2.24) is 14.8 Å². The summed E-state index contributed by atoms with van der Waals surface area (Å²) in [7, 11) is 1.81. The van der Waals surface area contributed by atoms with Crippen molar-refractivity contribution in [3.05, 3.63) is 34.1 Å². The van der Waals surface area contributed by atoms with E-state index < -0.39 is 4.92 Å². The van der Waals surface area contributed by atoms with Crippen molar-refractivity contribution < 1.29 is 4.92 Å². The summed E-state index contributed by atoms with van der Waals surface area (Å²) in [6, 6.07) is 2.80. The number of aromatic nitrogens is 3. The average Bonchev–Trinajstić information content (AvgIpc) is 2.68. The van der Waals surface area contributed by atoms with E-state index in [1.807, 2.05) is 20.9 Å². The zero-order valence-corrected chi connectivity index (χ0v) is 11.5. The van der Waals surface area contributed by atoms with Gasteiger partial charge >= 0.3 is 0 Å². The van der Waals surface area contributed by atoms with Crippen LogP contribution in [0.4, 0.5) is 23.0 Å². The van der Waals surface area contributed by atoms with Gasteiger partial charge in [-0.15, -0.1) is 0 Å². The van der Waals surface area contributed by atoms with Gasteiger partial charge in [0.2, 0.25) is 0 Å². The van der Waals surface area contributed by atoms with Gasteiger partial charge in [-0.05, 0) is 13.8 Å². The highest BCUT2D eigenvalue weighted by molar-refractivity contribution is 5.63. The molecule has 0 unspecified atom stereocenters. The van der Waals surface area contributed by atoms with Crippen LogP contribution >= 0.6 is 0 Å². The molecule has 0 saturated carbocycles. The summed E-state index contributed by atoms with van der Waals surface area (Å²) in [6.45, 7) is 4.39. The molecule has 0 radical (unpaired) electrons. The number of hydrogen-bond acceptors (Lipinski definition) is 6. The van der Waals surface area contributed by atoms with E-state index in [4.69, 9.17) is 0 Å². The maximum Gasteiger partial charge on any atom is 0.276 e. The zero-order chi connectivity index (χ0) is 14.7. The van der Waals surface area contributed by atoms with Gasteiger partial charge in [-0.1, -0.05) is 0 Å². The van der Waals surface area contributed by atoms with Gasteiger partial charge in [0.15, 0.2) is 0 Å². The smallest absolute Gasteiger partial charge is 0.276 e.